The molecular weight excluding hydrogens is 414 g/mol. The fourth-order valence-electron chi connectivity index (χ4n) is 4.92. The van der Waals surface area contributed by atoms with E-state index < -0.39 is 0 Å². The minimum Gasteiger partial charge on any atom is -0.504 e. The van der Waals surface area contributed by atoms with E-state index in [1.54, 1.807) is 12.1 Å². The Labute approximate surface area is 194 Å². The molecule has 2 aliphatic heterocycles. The van der Waals surface area contributed by atoms with Crippen LogP contribution < -0.4 is 4.90 Å². The van der Waals surface area contributed by atoms with Crippen molar-refractivity contribution in [2.75, 3.05) is 31.1 Å². The fraction of sp³-hybridized carbons (Fsp3) is 0.296. The van der Waals surface area contributed by atoms with Crippen LogP contribution in [-0.2, 0) is 24.3 Å². The Kier molecular flexibility index (Phi) is 5.92. The normalized spacial score (nSPS) is 18.7. The molecule has 1 unspecified atom stereocenters. The number of phenols is 2. The van der Waals surface area contributed by atoms with Gasteiger partial charge in [0.1, 0.15) is 0 Å². The maximum absolute atomic E-state index is 13.7. The van der Waals surface area contributed by atoms with Crippen molar-refractivity contribution in [2.45, 2.75) is 25.6 Å². The molecule has 2 N–H and O–H groups in total. The maximum Gasteiger partial charge on any atom is 0.240 e. The number of benzene rings is 3. The Balaban J connectivity index is 1.33. The van der Waals surface area contributed by atoms with Gasteiger partial charge in [0, 0.05) is 45.0 Å². The third kappa shape index (κ3) is 4.52. The highest BCUT2D eigenvalue weighted by Gasteiger charge is 2.35. The minimum atomic E-state index is -0.251. The first kappa shape index (κ1) is 21.3. The summed E-state index contributed by atoms with van der Waals surface area (Å²) in [5.41, 5.74) is 4.53. The molecule has 5 rings (SSSR count). The van der Waals surface area contributed by atoms with E-state index in [4.69, 9.17) is 0 Å². The number of phenolic OH excluding ortho intramolecular Hbond substituents is 2. The highest BCUT2D eigenvalue weighted by molar-refractivity contribution is 5.83. The lowest BCUT2D eigenvalue weighted by Crippen LogP contribution is -2.56. The summed E-state index contributed by atoms with van der Waals surface area (Å²) in [5.74, 6) is -0.100. The molecule has 3 aromatic rings. The average molecular weight is 444 g/mol. The number of hydrogen-bond donors (Lipinski definition) is 2. The van der Waals surface area contributed by atoms with Crippen molar-refractivity contribution in [3.05, 3.63) is 89.5 Å². The Morgan fingerprint density at radius 1 is 0.818 bits per heavy atom. The summed E-state index contributed by atoms with van der Waals surface area (Å²) in [6, 6.07) is 23.3. The number of aromatic hydroxyl groups is 2. The van der Waals surface area contributed by atoms with E-state index >= 15 is 0 Å². The van der Waals surface area contributed by atoms with Crippen molar-refractivity contribution < 1.29 is 15.0 Å². The first-order chi connectivity index (χ1) is 16.1. The van der Waals surface area contributed by atoms with Gasteiger partial charge in [-0.2, -0.15) is 0 Å². The topological polar surface area (TPSA) is 67.2 Å². The SMILES string of the molecule is O=C(C1Cc2ccccc2CN1Cc1ccc(O)c(O)c1)N1CCN(c2ccccc2)CC1. The number of carbonyl (C=O) groups is 1. The molecule has 0 radical (unpaired) electrons. The van der Waals surface area contributed by atoms with Crippen molar-refractivity contribution in [1.29, 1.82) is 0 Å². The molecule has 6 nitrogen and oxygen atoms in total. The van der Waals surface area contributed by atoms with Gasteiger partial charge in [0.05, 0.1) is 6.04 Å². The van der Waals surface area contributed by atoms with Crippen LogP contribution in [-0.4, -0.2) is 58.1 Å². The monoisotopic (exact) mass is 443 g/mol. The number of fused-ring (bicyclic) bond motifs is 1. The molecule has 170 valence electrons. The minimum absolute atomic E-state index is 0.133. The molecule has 1 amide bonds. The molecule has 6 heteroatoms. The molecule has 2 aliphatic rings. The van der Waals surface area contributed by atoms with Crippen LogP contribution in [0.2, 0.25) is 0 Å². The number of para-hydroxylation sites is 1. The summed E-state index contributed by atoms with van der Waals surface area (Å²) in [5, 5.41) is 19.6. The fourth-order valence-corrected chi connectivity index (χ4v) is 4.92. The quantitative estimate of drug-likeness (QED) is 0.606. The van der Waals surface area contributed by atoms with Crippen molar-refractivity contribution in [3.63, 3.8) is 0 Å². The van der Waals surface area contributed by atoms with Gasteiger partial charge in [-0.1, -0.05) is 48.5 Å². The van der Waals surface area contributed by atoms with Crippen LogP contribution in [0.5, 0.6) is 11.5 Å². The molecule has 33 heavy (non-hydrogen) atoms. The second-order valence-electron chi connectivity index (χ2n) is 8.86. The van der Waals surface area contributed by atoms with E-state index in [-0.39, 0.29) is 23.4 Å². The van der Waals surface area contributed by atoms with Gasteiger partial charge in [-0.05, 0) is 47.4 Å². The predicted octanol–water partition coefficient (Wildman–Crippen LogP) is 3.37. The van der Waals surface area contributed by atoms with E-state index in [1.807, 2.05) is 35.2 Å². The third-order valence-corrected chi connectivity index (χ3v) is 6.77. The van der Waals surface area contributed by atoms with E-state index in [1.165, 1.54) is 22.9 Å². The zero-order valence-electron chi connectivity index (χ0n) is 18.6. The number of rotatable bonds is 4. The van der Waals surface area contributed by atoms with Gasteiger partial charge in [0.2, 0.25) is 5.91 Å². The zero-order chi connectivity index (χ0) is 22.8. The van der Waals surface area contributed by atoms with Crippen LogP contribution in [0, 0.1) is 0 Å². The van der Waals surface area contributed by atoms with Gasteiger partial charge in [0.25, 0.3) is 0 Å². The third-order valence-electron chi connectivity index (χ3n) is 6.77. The Morgan fingerprint density at radius 2 is 1.52 bits per heavy atom. The summed E-state index contributed by atoms with van der Waals surface area (Å²) in [4.78, 5) is 20.2. The first-order valence-corrected chi connectivity index (χ1v) is 11.5. The highest BCUT2D eigenvalue weighted by Crippen LogP contribution is 2.30. The van der Waals surface area contributed by atoms with E-state index in [9.17, 15) is 15.0 Å². The molecule has 1 fully saturated rings. The summed E-state index contributed by atoms with van der Waals surface area (Å²) >= 11 is 0. The number of carbonyl (C=O) groups excluding carboxylic acids is 1. The van der Waals surface area contributed by atoms with Crippen LogP contribution in [0.15, 0.2) is 72.8 Å². The number of piperazine rings is 1. The molecule has 1 atom stereocenters. The number of nitrogens with zero attached hydrogens (tertiary/aromatic N) is 3. The van der Waals surface area contributed by atoms with Crippen molar-refractivity contribution in [3.8, 4) is 11.5 Å². The molecule has 0 bridgehead atoms. The van der Waals surface area contributed by atoms with Crippen LogP contribution >= 0.6 is 0 Å². The van der Waals surface area contributed by atoms with Crippen LogP contribution in [0.4, 0.5) is 5.69 Å². The zero-order valence-corrected chi connectivity index (χ0v) is 18.6. The second kappa shape index (κ2) is 9.16. The van der Waals surface area contributed by atoms with Gasteiger partial charge in [-0.15, -0.1) is 0 Å². The number of hydrogen-bond acceptors (Lipinski definition) is 5. The Bertz CT molecular complexity index is 1130. The molecular formula is C27H29N3O3. The van der Waals surface area contributed by atoms with Gasteiger partial charge >= 0.3 is 0 Å². The number of amides is 1. The Hall–Kier alpha value is -3.51. The van der Waals surface area contributed by atoms with Crippen molar-refractivity contribution in [2.24, 2.45) is 0 Å². The molecule has 0 saturated carbocycles. The van der Waals surface area contributed by atoms with Crippen molar-refractivity contribution >= 4 is 11.6 Å². The van der Waals surface area contributed by atoms with Crippen molar-refractivity contribution in [1.82, 2.24) is 9.80 Å². The molecule has 0 aliphatic carbocycles. The first-order valence-electron chi connectivity index (χ1n) is 11.5. The molecule has 0 spiro atoms. The summed E-state index contributed by atoms with van der Waals surface area (Å²) in [7, 11) is 0. The molecule has 3 aromatic carbocycles. The van der Waals surface area contributed by atoms with Crippen LogP contribution in [0.1, 0.15) is 16.7 Å². The maximum atomic E-state index is 13.7. The molecule has 0 aromatic heterocycles. The second-order valence-corrected chi connectivity index (χ2v) is 8.86. The smallest absolute Gasteiger partial charge is 0.240 e. The Morgan fingerprint density at radius 3 is 2.24 bits per heavy atom. The van der Waals surface area contributed by atoms with Gasteiger partial charge < -0.3 is 20.0 Å². The lowest BCUT2D eigenvalue weighted by molar-refractivity contribution is -0.138. The van der Waals surface area contributed by atoms with E-state index in [2.05, 4.69) is 34.1 Å². The summed E-state index contributed by atoms with van der Waals surface area (Å²) < 4.78 is 0. The summed E-state index contributed by atoms with van der Waals surface area (Å²) in [6.45, 7) is 4.27. The number of anilines is 1. The van der Waals surface area contributed by atoms with E-state index in [0.717, 1.165) is 18.7 Å². The molecule has 2 heterocycles. The predicted molar refractivity (Wildman–Crippen MR) is 128 cm³/mol. The summed E-state index contributed by atoms with van der Waals surface area (Å²) in [6.07, 6.45) is 0.679. The largest absolute Gasteiger partial charge is 0.504 e. The average Bonchev–Trinajstić information content (AvgIpc) is 2.86. The van der Waals surface area contributed by atoms with Gasteiger partial charge in [-0.3, -0.25) is 9.69 Å². The highest BCUT2D eigenvalue weighted by atomic mass is 16.3. The lowest BCUT2D eigenvalue weighted by Gasteiger charge is -2.42. The van der Waals surface area contributed by atoms with Crippen LogP contribution in [0.25, 0.3) is 0 Å². The lowest BCUT2D eigenvalue weighted by atomic mass is 9.92. The molecule has 1 saturated heterocycles. The standard InChI is InChI=1S/C27H29N3O3/c31-25-11-10-20(16-26(25)32)18-30-19-22-7-5-4-6-21(22)17-24(30)27(33)29-14-12-28(13-15-29)23-8-2-1-3-9-23/h1-11,16,24,31-32H,12-15,17-19H2. The van der Waals surface area contributed by atoms with Gasteiger partial charge in [-0.25, -0.2) is 0 Å². The van der Waals surface area contributed by atoms with Crippen LogP contribution in [0.3, 0.4) is 0 Å². The van der Waals surface area contributed by atoms with E-state index in [0.29, 0.717) is 32.6 Å². The van der Waals surface area contributed by atoms with Gasteiger partial charge in [0.15, 0.2) is 11.5 Å².